The fourth-order valence-electron chi connectivity index (χ4n) is 1.86. The number of aromatic nitrogens is 1. The first-order valence-corrected chi connectivity index (χ1v) is 8.06. The van der Waals surface area contributed by atoms with Gasteiger partial charge in [-0.25, -0.2) is 4.98 Å². The molecule has 0 aliphatic carbocycles. The number of aliphatic hydroxyl groups excluding tert-OH is 1. The third-order valence-electron chi connectivity index (χ3n) is 3.01. The van der Waals surface area contributed by atoms with E-state index in [1.807, 2.05) is 0 Å². The fraction of sp³-hybridized carbons (Fsp3) is 0.417. The Morgan fingerprint density at radius 3 is 2.92 bits per heavy atom. The lowest BCUT2D eigenvalue weighted by Gasteiger charge is -2.35. The number of amides is 3. The number of thiazole rings is 1. The van der Waals surface area contributed by atoms with Crippen LogP contribution in [0.1, 0.15) is 5.69 Å². The molecule has 24 heavy (non-hydrogen) atoms. The summed E-state index contributed by atoms with van der Waals surface area (Å²) in [7, 11) is 1.25. The number of aliphatic hydroxyl groups is 1. The molecule has 0 saturated carbocycles. The van der Waals surface area contributed by atoms with Crippen LogP contribution in [0.4, 0.5) is 5.13 Å². The summed E-state index contributed by atoms with van der Waals surface area (Å²) in [6, 6.07) is -1.42. The van der Waals surface area contributed by atoms with Crippen LogP contribution in [0.15, 0.2) is 10.5 Å². The van der Waals surface area contributed by atoms with Gasteiger partial charge in [-0.2, -0.15) is 0 Å². The molecule has 1 aliphatic heterocycles. The quantitative estimate of drug-likeness (QED) is 0.201. The molecular formula is C12H14ClN5O5S. The average Bonchev–Trinajstić information content (AvgIpc) is 3.02. The molecule has 0 aromatic carbocycles. The van der Waals surface area contributed by atoms with E-state index in [1.54, 1.807) is 0 Å². The zero-order chi connectivity index (χ0) is 17.7. The summed E-state index contributed by atoms with van der Waals surface area (Å²) in [5.74, 6) is -1.78. The summed E-state index contributed by atoms with van der Waals surface area (Å²) in [6.45, 7) is -0.307. The van der Waals surface area contributed by atoms with Gasteiger partial charge >= 0.3 is 0 Å². The number of anilines is 1. The Hall–Kier alpha value is -2.24. The van der Waals surface area contributed by atoms with Crippen LogP contribution in [-0.2, 0) is 19.2 Å². The highest BCUT2D eigenvalue weighted by molar-refractivity contribution is 7.14. The Bertz CT molecular complexity index is 679. The van der Waals surface area contributed by atoms with Gasteiger partial charge in [-0.3, -0.25) is 14.4 Å². The molecule has 1 fully saturated rings. The van der Waals surface area contributed by atoms with Crippen molar-refractivity contribution >= 4 is 51.5 Å². The number of hydrogen-bond donors (Lipinski definition) is 4. The van der Waals surface area contributed by atoms with Gasteiger partial charge in [0.2, 0.25) is 11.8 Å². The van der Waals surface area contributed by atoms with Gasteiger partial charge in [0.05, 0.1) is 12.6 Å². The molecule has 2 unspecified atom stereocenters. The summed E-state index contributed by atoms with van der Waals surface area (Å²) in [6.07, 6.45) is 0. The van der Waals surface area contributed by atoms with Crippen molar-refractivity contribution < 1.29 is 24.3 Å². The number of nitrogens with one attached hydrogen (secondary N) is 3. The number of hydrogen-bond acceptors (Lipinski definition) is 8. The Kier molecular flexibility index (Phi) is 6.06. The van der Waals surface area contributed by atoms with Crippen LogP contribution >= 0.6 is 22.9 Å². The minimum Gasteiger partial charge on any atom is -0.398 e. The molecular weight excluding hydrogens is 362 g/mol. The first kappa shape index (κ1) is 18.1. The average molecular weight is 376 g/mol. The zero-order valence-electron chi connectivity index (χ0n) is 12.4. The minimum absolute atomic E-state index is 0.157. The van der Waals surface area contributed by atoms with Crippen molar-refractivity contribution in [3.63, 3.8) is 0 Å². The number of nitrogens with zero attached hydrogens (tertiary/aromatic N) is 2. The lowest BCUT2D eigenvalue weighted by atomic mass is 9.99. The third kappa shape index (κ3) is 3.99. The Morgan fingerprint density at radius 1 is 1.58 bits per heavy atom. The van der Waals surface area contributed by atoms with E-state index in [1.165, 1.54) is 12.5 Å². The standard InChI is InChI=1S/C12H14ClN5O5S/c1-23-18-9(6-4-24-12(15-6)16-7(20)2-13)11(22)17-8-5(3-19)14-10(8)21/h4-5,8,19H,2-3H2,1H3,(H,14,21)(H,17,22)(H,15,16,20)/b18-9-. The van der Waals surface area contributed by atoms with E-state index in [2.05, 4.69) is 30.9 Å². The molecule has 1 aromatic rings. The molecule has 4 N–H and O–H groups in total. The maximum absolute atomic E-state index is 12.3. The van der Waals surface area contributed by atoms with Gasteiger partial charge in [-0.1, -0.05) is 5.16 Å². The highest BCUT2D eigenvalue weighted by atomic mass is 35.5. The molecule has 0 bridgehead atoms. The van der Waals surface area contributed by atoms with Crippen molar-refractivity contribution in [1.82, 2.24) is 15.6 Å². The summed E-state index contributed by atoms with van der Waals surface area (Å²) in [4.78, 5) is 43.7. The molecule has 10 nitrogen and oxygen atoms in total. The molecule has 1 aromatic heterocycles. The second kappa shape index (κ2) is 8.04. The van der Waals surface area contributed by atoms with Crippen LogP contribution in [0, 0.1) is 0 Å². The van der Waals surface area contributed by atoms with Crippen LogP contribution in [0.3, 0.4) is 0 Å². The lowest BCUT2D eigenvalue weighted by Crippen LogP contribution is -2.70. The molecule has 12 heteroatoms. The summed E-state index contributed by atoms with van der Waals surface area (Å²) in [5, 5.41) is 21.7. The van der Waals surface area contributed by atoms with Gasteiger partial charge in [-0.15, -0.1) is 22.9 Å². The van der Waals surface area contributed by atoms with E-state index in [4.69, 9.17) is 16.7 Å². The summed E-state index contributed by atoms with van der Waals surface area (Å²) < 4.78 is 0. The normalized spacial score (nSPS) is 20.0. The van der Waals surface area contributed by atoms with Crippen LogP contribution < -0.4 is 16.0 Å². The molecule has 1 saturated heterocycles. The highest BCUT2D eigenvalue weighted by Crippen LogP contribution is 2.17. The van der Waals surface area contributed by atoms with E-state index in [0.29, 0.717) is 0 Å². The summed E-state index contributed by atoms with van der Waals surface area (Å²) in [5.41, 5.74) is -0.0129. The van der Waals surface area contributed by atoms with E-state index in [0.717, 1.165) is 11.3 Å². The van der Waals surface area contributed by atoms with Crippen molar-refractivity contribution in [2.24, 2.45) is 5.16 Å². The molecule has 2 rings (SSSR count). The first-order valence-electron chi connectivity index (χ1n) is 6.65. The van der Waals surface area contributed by atoms with Gasteiger partial charge in [-0.05, 0) is 0 Å². The highest BCUT2D eigenvalue weighted by Gasteiger charge is 2.40. The molecule has 2 atom stereocenters. The predicted molar refractivity (Wildman–Crippen MR) is 86.0 cm³/mol. The number of rotatable bonds is 7. The van der Waals surface area contributed by atoms with Crippen LogP contribution in [-0.4, -0.2) is 65.2 Å². The van der Waals surface area contributed by atoms with E-state index >= 15 is 0 Å². The van der Waals surface area contributed by atoms with Crippen molar-refractivity contribution in [2.75, 3.05) is 24.9 Å². The molecule has 0 radical (unpaired) electrons. The maximum Gasteiger partial charge on any atom is 0.276 e. The molecule has 3 amide bonds. The topological polar surface area (TPSA) is 142 Å². The number of carbonyl (C=O) groups is 3. The Labute approximate surface area is 145 Å². The molecule has 130 valence electrons. The predicted octanol–water partition coefficient (Wildman–Crippen LogP) is -1.35. The largest absolute Gasteiger partial charge is 0.398 e. The first-order chi connectivity index (χ1) is 11.5. The van der Waals surface area contributed by atoms with Crippen molar-refractivity contribution in [3.05, 3.63) is 11.1 Å². The molecule has 0 spiro atoms. The maximum atomic E-state index is 12.3. The number of carbonyl (C=O) groups excluding carboxylic acids is 3. The third-order valence-corrected chi connectivity index (χ3v) is 4.01. The molecule has 2 heterocycles. The number of halogens is 1. The summed E-state index contributed by atoms with van der Waals surface area (Å²) >= 11 is 6.46. The van der Waals surface area contributed by atoms with Gasteiger partial charge in [0, 0.05) is 5.38 Å². The molecule has 1 aliphatic rings. The van der Waals surface area contributed by atoms with Gasteiger partial charge in [0.1, 0.15) is 24.7 Å². The number of alkyl halides is 1. The van der Waals surface area contributed by atoms with Gasteiger partial charge in [0.15, 0.2) is 10.8 Å². The van der Waals surface area contributed by atoms with E-state index in [-0.39, 0.29) is 29.0 Å². The Balaban J connectivity index is 2.11. The lowest BCUT2D eigenvalue weighted by molar-refractivity contribution is -0.135. The minimum atomic E-state index is -0.862. The van der Waals surface area contributed by atoms with Crippen LogP contribution in [0.25, 0.3) is 0 Å². The van der Waals surface area contributed by atoms with Crippen molar-refractivity contribution in [3.8, 4) is 0 Å². The van der Waals surface area contributed by atoms with Crippen LogP contribution in [0.2, 0.25) is 0 Å². The van der Waals surface area contributed by atoms with Crippen molar-refractivity contribution in [2.45, 2.75) is 12.1 Å². The second-order valence-corrected chi connectivity index (χ2v) is 5.72. The fourth-order valence-corrected chi connectivity index (χ4v) is 2.64. The monoisotopic (exact) mass is 375 g/mol. The van der Waals surface area contributed by atoms with Gasteiger partial charge < -0.3 is 25.9 Å². The number of oxime groups is 1. The number of β-lactam (4-membered cyclic amide) rings is 1. The van der Waals surface area contributed by atoms with E-state index < -0.39 is 29.8 Å². The Morgan fingerprint density at radius 2 is 2.33 bits per heavy atom. The SMILES string of the molecule is CO/N=C(\C(=O)NC1C(=O)NC1CO)c1csc(NC(=O)CCl)n1. The smallest absolute Gasteiger partial charge is 0.276 e. The van der Waals surface area contributed by atoms with E-state index in [9.17, 15) is 14.4 Å². The zero-order valence-corrected chi connectivity index (χ0v) is 14.0. The van der Waals surface area contributed by atoms with Crippen molar-refractivity contribution in [1.29, 1.82) is 0 Å². The van der Waals surface area contributed by atoms with Gasteiger partial charge in [0.25, 0.3) is 5.91 Å². The van der Waals surface area contributed by atoms with Crippen LogP contribution in [0.5, 0.6) is 0 Å². The second-order valence-electron chi connectivity index (χ2n) is 4.59.